The van der Waals surface area contributed by atoms with Gasteiger partial charge in [-0.25, -0.2) is 4.79 Å². The van der Waals surface area contributed by atoms with Crippen molar-refractivity contribution in [2.45, 2.75) is 6.92 Å². The van der Waals surface area contributed by atoms with Gasteiger partial charge in [0.2, 0.25) is 5.75 Å². The van der Waals surface area contributed by atoms with E-state index < -0.39 is 5.97 Å². The fourth-order valence-electron chi connectivity index (χ4n) is 2.56. The van der Waals surface area contributed by atoms with Gasteiger partial charge in [-0.05, 0) is 35.0 Å². The third-order valence-corrected chi connectivity index (χ3v) is 4.40. The number of hydrogen-bond donors (Lipinski definition) is 2. The number of nitrogens with one attached hydrogen (secondary N) is 1. The van der Waals surface area contributed by atoms with Crippen LogP contribution >= 0.6 is 15.9 Å². The first kappa shape index (κ1) is 19.6. The van der Waals surface area contributed by atoms with Crippen LogP contribution in [0.3, 0.4) is 0 Å². The van der Waals surface area contributed by atoms with Gasteiger partial charge in [0, 0.05) is 11.1 Å². The third kappa shape index (κ3) is 3.48. The number of benzene rings is 1. The number of esters is 1. The number of aromatic nitrogens is 1. The van der Waals surface area contributed by atoms with Crippen LogP contribution in [0.4, 0.5) is 0 Å². The molecule has 0 aliphatic heterocycles. The van der Waals surface area contributed by atoms with Gasteiger partial charge >= 0.3 is 5.97 Å². The van der Waals surface area contributed by atoms with Crippen molar-refractivity contribution in [1.82, 2.24) is 4.98 Å². The maximum atomic E-state index is 12.2. The molecule has 0 amide bonds. The van der Waals surface area contributed by atoms with Crippen molar-refractivity contribution >= 4 is 28.1 Å². The summed E-state index contributed by atoms with van der Waals surface area (Å²) >= 11 is 3.42. The lowest BCUT2D eigenvalue weighted by Crippen LogP contribution is -2.05. The van der Waals surface area contributed by atoms with Crippen LogP contribution < -0.4 is 14.2 Å². The van der Waals surface area contributed by atoms with E-state index in [0.29, 0.717) is 38.5 Å². The number of oxime groups is 1. The Morgan fingerprint density at radius 1 is 1.23 bits per heavy atom. The molecule has 2 aromatic rings. The number of halogens is 1. The van der Waals surface area contributed by atoms with E-state index in [1.807, 2.05) is 0 Å². The molecule has 1 aromatic heterocycles. The summed E-state index contributed by atoms with van der Waals surface area (Å²) in [6, 6.07) is 3.46. The summed E-state index contributed by atoms with van der Waals surface area (Å²) in [5.41, 5.74) is 1.71. The zero-order chi connectivity index (χ0) is 19.3. The molecule has 1 heterocycles. The lowest BCUT2D eigenvalue weighted by molar-refractivity contribution is 0.0519. The van der Waals surface area contributed by atoms with E-state index in [1.165, 1.54) is 27.5 Å². The van der Waals surface area contributed by atoms with Crippen LogP contribution in [-0.2, 0) is 4.74 Å². The van der Waals surface area contributed by atoms with Crippen LogP contribution in [0.2, 0.25) is 0 Å². The summed E-state index contributed by atoms with van der Waals surface area (Å²) in [4.78, 5) is 15.1. The Balaban J connectivity index is 2.77. The largest absolute Gasteiger partial charge is 0.493 e. The first-order chi connectivity index (χ1) is 12.5. The molecule has 0 aliphatic carbocycles. The van der Waals surface area contributed by atoms with E-state index in [2.05, 4.69) is 26.1 Å². The molecule has 0 saturated carbocycles. The van der Waals surface area contributed by atoms with Crippen molar-refractivity contribution in [2.75, 3.05) is 27.9 Å². The molecule has 0 bridgehead atoms. The van der Waals surface area contributed by atoms with Gasteiger partial charge in [-0.2, -0.15) is 0 Å². The molecule has 26 heavy (non-hydrogen) atoms. The van der Waals surface area contributed by atoms with Crippen molar-refractivity contribution < 1.29 is 28.9 Å². The Hall–Kier alpha value is -2.68. The van der Waals surface area contributed by atoms with Gasteiger partial charge in [0.1, 0.15) is 5.69 Å². The first-order valence-corrected chi connectivity index (χ1v) is 8.38. The number of nitrogens with zero attached hydrogens (tertiary/aromatic N) is 1. The molecule has 0 saturated heterocycles. The zero-order valence-corrected chi connectivity index (χ0v) is 16.3. The highest BCUT2D eigenvalue weighted by atomic mass is 79.9. The predicted molar refractivity (Wildman–Crippen MR) is 98.9 cm³/mol. The van der Waals surface area contributed by atoms with E-state index >= 15 is 0 Å². The van der Waals surface area contributed by atoms with E-state index in [-0.39, 0.29) is 12.3 Å². The van der Waals surface area contributed by atoms with Gasteiger partial charge in [-0.15, -0.1) is 0 Å². The fourth-order valence-corrected chi connectivity index (χ4v) is 3.24. The SMILES string of the molecule is CCOC(=O)c1[nH]c(/C=N/O)c(-c2ccc(OC)c(OC)c2OC)c1Br. The molecule has 0 radical (unpaired) electrons. The summed E-state index contributed by atoms with van der Waals surface area (Å²) in [5.74, 6) is 0.736. The Bertz CT molecular complexity index is 831. The minimum Gasteiger partial charge on any atom is -0.493 e. The van der Waals surface area contributed by atoms with Crippen LogP contribution in [-0.4, -0.2) is 50.3 Å². The fraction of sp³-hybridized carbons (Fsp3) is 0.294. The number of hydrogen-bond acceptors (Lipinski definition) is 7. The zero-order valence-electron chi connectivity index (χ0n) is 14.8. The molecule has 1 aromatic carbocycles. The van der Waals surface area contributed by atoms with Crippen LogP contribution in [0, 0.1) is 0 Å². The molecular weight excluding hydrogens is 408 g/mol. The summed E-state index contributed by atoms with van der Waals surface area (Å²) in [6.45, 7) is 1.94. The quantitative estimate of drug-likeness (QED) is 0.304. The van der Waals surface area contributed by atoms with Crippen molar-refractivity contribution in [1.29, 1.82) is 0 Å². The number of ether oxygens (including phenoxy) is 4. The first-order valence-electron chi connectivity index (χ1n) is 7.59. The topological polar surface area (TPSA) is 102 Å². The van der Waals surface area contributed by atoms with Crippen LogP contribution in [0.25, 0.3) is 11.1 Å². The van der Waals surface area contributed by atoms with Crippen molar-refractivity contribution in [2.24, 2.45) is 5.16 Å². The average molecular weight is 427 g/mol. The van der Waals surface area contributed by atoms with Crippen molar-refractivity contribution in [3.63, 3.8) is 0 Å². The van der Waals surface area contributed by atoms with E-state index in [1.54, 1.807) is 19.1 Å². The Labute approximate surface area is 158 Å². The van der Waals surface area contributed by atoms with Gasteiger partial charge in [-0.3, -0.25) is 0 Å². The van der Waals surface area contributed by atoms with Crippen LogP contribution in [0.5, 0.6) is 17.2 Å². The number of carbonyl (C=O) groups excluding carboxylic acids is 1. The number of carbonyl (C=O) groups is 1. The number of aromatic amines is 1. The number of H-pyrrole nitrogens is 1. The molecule has 0 unspecified atom stereocenters. The van der Waals surface area contributed by atoms with Crippen LogP contribution in [0.15, 0.2) is 21.8 Å². The van der Waals surface area contributed by atoms with Gasteiger partial charge in [0.15, 0.2) is 11.5 Å². The lowest BCUT2D eigenvalue weighted by Gasteiger charge is -2.16. The molecule has 0 atom stereocenters. The summed E-state index contributed by atoms with van der Waals surface area (Å²) in [7, 11) is 4.51. The van der Waals surface area contributed by atoms with E-state index in [4.69, 9.17) is 24.2 Å². The third-order valence-electron chi connectivity index (χ3n) is 3.61. The second-order valence-corrected chi connectivity index (χ2v) is 5.74. The highest BCUT2D eigenvalue weighted by molar-refractivity contribution is 9.10. The van der Waals surface area contributed by atoms with Gasteiger partial charge < -0.3 is 29.1 Å². The molecule has 0 fully saturated rings. The second-order valence-electron chi connectivity index (χ2n) is 4.95. The highest BCUT2D eigenvalue weighted by Crippen LogP contribution is 2.47. The van der Waals surface area contributed by atoms with Gasteiger partial charge in [-0.1, -0.05) is 5.16 Å². The molecule has 2 rings (SSSR count). The molecule has 0 spiro atoms. The maximum absolute atomic E-state index is 12.2. The Morgan fingerprint density at radius 3 is 2.46 bits per heavy atom. The predicted octanol–water partition coefficient (Wildman–Crippen LogP) is 3.45. The monoisotopic (exact) mass is 426 g/mol. The molecule has 8 nitrogen and oxygen atoms in total. The average Bonchev–Trinajstić information content (AvgIpc) is 2.96. The summed E-state index contributed by atoms with van der Waals surface area (Å²) < 4.78 is 21.7. The normalized spacial score (nSPS) is 10.8. The van der Waals surface area contributed by atoms with Crippen LogP contribution in [0.1, 0.15) is 23.1 Å². The lowest BCUT2D eigenvalue weighted by atomic mass is 10.0. The summed E-state index contributed by atoms with van der Waals surface area (Å²) in [5, 5.41) is 12.0. The van der Waals surface area contributed by atoms with E-state index in [9.17, 15) is 4.79 Å². The smallest absolute Gasteiger partial charge is 0.355 e. The second kappa shape index (κ2) is 8.61. The molecule has 0 aliphatic rings. The maximum Gasteiger partial charge on any atom is 0.355 e. The Kier molecular flexibility index (Phi) is 6.51. The van der Waals surface area contributed by atoms with Gasteiger partial charge in [0.05, 0.1) is 44.3 Å². The molecule has 9 heteroatoms. The van der Waals surface area contributed by atoms with E-state index in [0.717, 1.165) is 0 Å². The molecule has 140 valence electrons. The molecular formula is C17H19BrN2O6. The number of methoxy groups -OCH3 is 3. The Morgan fingerprint density at radius 2 is 1.92 bits per heavy atom. The number of rotatable bonds is 7. The minimum absolute atomic E-state index is 0.189. The minimum atomic E-state index is -0.544. The van der Waals surface area contributed by atoms with Crippen molar-refractivity contribution in [3.8, 4) is 28.4 Å². The van der Waals surface area contributed by atoms with Gasteiger partial charge in [0.25, 0.3) is 0 Å². The summed E-state index contributed by atoms with van der Waals surface area (Å²) in [6.07, 6.45) is 1.18. The highest BCUT2D eigenvalue weighted by Gasteiger charge is 2.26. The standard InChI is InChI=1S/C17H19BrN2O6/c1-5-26-17(21)14-13(18)12(10(20-14)8-19-22)9-6-7-11(23-2)16(25-4)15(9)24-3/h6-8,20,22H,5H2,1-4H3/b19-8+. The van der Waals surface area contributed by atoms with Crippen molar-refractivity contribution in [3.05, 3.63) is 28.0 Å². The molecule has 2 N–H and O–H groups in total.